The molecule has 0 spiro atoms. The average Bonchev–Trinajstić information content (AvgIpc) is 2.58. The van der Waals surface area contributed by atoms with Gasteiger partial charge < -0.3 is 9.30 Å². The Hall–Kier alpha value is -1.85. The lowest BCUT2D eigenvalue weighted by atomic mass is 10.2. The molecule has 0 saturated carbocycles. The van der Waals surface area contributed by atoms with Crippen LogP contribution in [0.15, 0.2) is 21.9 Å². The first kappa shape index (κ1) is 20.2. The van der Waals surface area contributed by atoms with E-state index in [0.717, 1.165) is 44.9 Å². The second-order valence-electron chi connectivity index (χ2n) is 5.98. The molecular formula is C18H30N2O4. The van der Waals surface area contributed by atoms with Gasteiger partial charge in [0.25, 0.3) is 5.56 Å². The molecule has 1 rings (SSSR count). The van der Waals surface area contributed by atoms with Gasteiger partial charge in [-0.05, 0) is 25.7 Å². The Morgan fingerprint density at radius 2 is 1.71 bits per heavy atom. The van der Waals surface area contributed by atoms with Crippen LogP contribution in [0.1, 0.15) is 65.2 Å². The quantitative estimate of drug-likeness (QED) is 0.434. The second kappa shape index (κ2) is 11.6. The first-order chi connectivity index (χ1) is 11.6. The molecule has 0 aliphatic carbocycles. The van der Waals surface area contributed by atoms with E-state index in [2.05, 4.69) is 6.92 Å². The molecule has 1 heterocycles. The number of hydrogen-bond acceptors (Lipinski definition) is 4. The Morgan fingerprint density at radius 1 is 1.00 bits per heavy atom. The van der Waals surface area contributed by atoms with Gasteiger partial charge in [0.1, 0.15) is 0 Å². The van der Waals surface area contributed by atoms with Crippen LogP contribution >= 0.6 is 0 Å². The van der Waals surface area contributed by atoms with Crippen LogP contribution in [0.4, 0.5) is 0 Å². The number of rotatable bonds is 12. The van der Waals surface area contributed by atoms with Gasteiger partial charge in [-0.1, -0.05) is 33.1 Å². The molecule has 0 aliphatic rings. The van der Waals surface area contributed by atoms with Crippen molar-refractivity contribution in [1.82, 2.24) is 9.13 Å². The zero-order chi connectivity index (χ0) is 17.8. The number of nitrogens with zero attached hydrogens (tertiary/aromatic N) is 2. The minimum absolute atomic E-state index is 0.160. The zero-order valence-corrected chi connectivity index (χ0v) is 15.0. The van der Waals surface area contributed by atoms with Crippen molar-refractivity contribution in [1.29, 1.82) is 0 Å². The maximum absolute atomic E-state index is 12.3. The fraction of sp³-hybridized carbons (Fsp3) is 0.722. The summed E-state index contributed by atoms with van der Waals surface area (Å²) < 4.78 is 7.97. The molecule has 0 aromatic carbocycles. The molecule has 0 radical (unpaired) electrons. The third kappa shape index (κ3) is 7.15. The molecule has 6 heteroatoms. The fourth-order valence-electron chi connectivity index (χ4n) is 2.48. The Bertz CT molecular complexity index is 604. The van der Waals surface area contributed by atoms with Crippen LogP contribution in [0, 0.1) is 0 Å². The summed E-state index contributed by atoms with van der Waals surface area (Å²) in [6.45, 7) is 5.45. The molecular weight excluding hydrogens is 308 g/mol. The van der Waals surface area contributed by atoms with Crippen LogP contribution in [-0.4, -0.2) is 21.7 Å². The summed E-state index contributed by atoms with van der Waals surface area (Å²) in [5.41, 5.74) is -0.430. The van der Waals surface area contributed by atoms with Crippen molar-refractivity contribution >= 4 is 5.97 Å². The highest BCUT2D eigenvalue weighted by Gasteiger charge is 2.05. The van der Waals surface area contributed by atoms with Crippen molar-refractivity contribution in [2.75, 3.05) is 6.61 Å². The first-order valence-electron chi connectivity index (χ1n) is 9.06. The summed E-state index contributed by atoms with van der Waals surface area (Å²) >= 11 is 0. The molecule has 136 valence electrons. The summed E-state index contributed by atoms with van der Waals surface area (Å²) in [4.78, 5) is 35.1. The largest absolute Gasteiger partial charge is 0.466 e. The summed E-state index contributed by atoms with van der Waals surface area (Å²) in [5.74, 6) is -0.160. The van der Waals surface area contributed by atoms with Gasteiger partial charge in [0.05, 0.1) is 6.61 Å². The number of esters is 1. The highest BCUT2D eigenvalue weighted by Crippen LogP contribution is 2.02. The lowest BCUT2D eigenvalue weighted by Crippen LogP contribution is -2.39. The minimum atomic E-state index is -0.218. The van der Waals surface area contributed by atoms with Crippen molar-refractivity contribution in [2.24, 2.45) is 0 Å². The summed E-state index contributed by atoms with van der Waals surface area (Å²) in [5, 5.41) is 0. The minimum Gasteiger partial charge on any atom is -0.466 e. The molecule has 0 N–H and O–H groups in total. The van der Waals surface area contributed by atoms with E-state index in [1.807, 2.05) is 0 Å². The predicted octanol–water partition coefficient (Wildman–Crippen LogP) is 2.71. The molecule has 0 saturated heterocycles. The summed E-state index contributed by atoms with van der Waals surface area (Å²) in [6, 6.07) is 1.47. The SMILES string of the molecule is CCCCCn1c(=O)ccn(CCCCCCOC(=O)CC)c1=O. The van der Waals surface area contributed by atoms with Crippen LogP contribution in [0.5, 0.6) is 0 Å². The number of unbranched alkanes of at least 4 members (excludes halogenated alkanes) is 5. The lowest BCUT2D eigenvalue weighted by molar-refractivity contribution is -0.143. The molecule has 6 nitrogen and oxygen atoms in total. The van der Waals surface area contributed by atoms with Gasteiger partial charge in [-0.2, -0.15) is 0 Å². The zero-order valence-electron chi connectivity index (χ0n) is 15.0. The van der Waals surface area contributed by atoms with Crippen molar-refractivity contribution in [3.8, 4) is 0 Å². The maximum atomic E-state index is 12.3. The smallest absolute Gasteiger partial charge is 0.330 e. The molecule has 1 aromatic rings. The van der Waals surface area contributed by atoms with E-state index in [1.165, 1.54) is 10.6 Å². The van der Waals surface area contributed by atoms with E-state index >= 15 is 0 Å². The van der Waals surface area contributed by atoms with Crippen LogP contribution in [-0.2, 0) is 22.6 Å². The topological polar surface area (TPSA) is 70.3 Å². The molecule has 0 bridgehead atoms. The standard InChI is InChI=1S/C18H30N2O4/c1-3-5-8-13-20-16(21)11-14-19(18(20)23)12-9-6-7-10-15-24-17(22)4-2/h11,14H,3-10,12-13,15H2,1-2H3. The molecule has 1 aromatic heterocycles. The third-order valence-corrected chi connectivity index (χ3v) is 3.97. The van der Waals surface area contributed by atoms with E-state index in [1.54, 1.807) is 17.7 Å². The summed E-state index contributed by atoms with van der Waals surface area (Å²) in [7, 11) is 0. The summed E-state index contributed by atoms with van der Waals surface area (Å²) in [6.07, 6.45) is 8.57. The maximum Gasteiger partial charge on any atom is 0.330 e. The second-order valence-corrected chi connectivity index (χ2v) is 5.98. The fourth-order valence-corrected chi connectivity index (χ4v) is 2.48. The van der Waals surface area contributed by atoms with Crippen molar-refractivity contribution in [3.05, 3.63) is 33.1 Å². The molecule has 24 heavy (non-hydrogen) atoms. The van der Waals surface area contributed by atoms with Gasteiger partial charge in [-0.15, -0.1) is 0 Å². The molecule has 0 fully saturated rings. The van der Waals surface area contributed by atoms with Crippen LogP contribution in [0.3, 0.4) is 0 Å². The number of carbonyl (C=O) groups is 1. The van der Waals surface area contributed by atoms with E-state index < -0.39 is 0 Å². The highest BCUT2D eigenvalue weighted by molar-refractivity contribution is 5.68. The van der Waals surface area contributed by atoms with Crippen molar-refractivity contribution < 1.29 is 9.53 Å². The Kier molecular flexibility index (Phi) is 9.80. The molecule has 0 aliphatic heterocycles. The van der Waals surface area contributed by atoms with Gasteiger partial charge in [0, 0.05) is 31.8 Å². The van der Waals surface area contributed by atoms with Crippen molar-refractivity contribution in [3.63, 3.8) is 0 Å². The predicted molar refractivity (Wildman–Crippen MR) is 94.2 cm³/mol. The van der Waals surface area contributed by atoms with E-state index in [0.29, 0.717) is 26.1 Å². The first-order valence-corrected chi connectivity index (χ1v) is 9.06. The van der Waals surface area contributed by atoms with Gasteiger partial charge in [0.2, 0.25) is 0 Å². The molecule has 0 atom stereocenters. The number of ether oxygens (including phenoxy) is 1. The van der Waals surface area contributed by atoms with Gasteiger partial charge in [0.15, 0.2) is 0 Å². The number of aromatic nitrogens is 2. The number of carbonyl (C=O) groups excluding carboxylic acids is 1. The van der Waals surface area contributed by atoms with E-state index in [9.17, 15) is 14.4 Å². The normalized spacial score (nSPS) is 10.8. The van der Waals surface area contributed by atoms with Crippen LogP contribution in [0.2, 0.25) is 0 Å². The lowest BCUT2D eigenvalue weighted by Gasteiger charge is -2.09. The van der Waals surface area contributed by atoms with Gasteiger partial charge >= 0.3 is 11.7 Å². The van der Waals surface area contributed by atoms with Gasteiger partial charge in [-0.25, -0.2) is 4.79 Å². The van der Waals surface area contributed by atoms with Crippen LogP contribution < -0.4 is 11.2 Å². The average molecular weight is 338 g/mol. The Labute approximate surface area is 143 Å². The third-order valence-electron chi connectivity index (χ3n) is 3.97. The van der Waals surface area contributed by atoms with Gasteiger partial charge in [-0.3, -0.25) is 14.2 Å². The van der Waals surface area contributed by atoms with E-state index in [-0.39, 0.29) is 17.2 Å². The Morgan fingerprint density at radius 3 is 2.42 bits per heavy atom. The van der Waals surface area contributed by atoms with Crippen LogP contribution in [0.25, 0.3) is 0 Å². The Balaban J connectivity index is 2.37. The van der Waals surface area contributed by atoms with E-state index in [4.69, 9.17) is 4.74 Å². The van der Waals surface area contributed by atoms with Crippen molar-refractivity contribution in [2.45, 2.75) is 78.3 Å². The highest BCUT2D eigenvalue weighted by atomic mass is 16.5. The number of hydrogen-bond donors (Lipinski definition) is 0. The molecule has 0 unspecified atom stereocenters. The monoisotopic (exact) mass is 338 g/mol. The number of aryl methyl sites for hydroxylation is 1. The molecule has 0 amide bonds.